The van der Waals surface area contributed by atoms with E-state index in [1.165, 1.54) is 4.46 Å². The zero-order valence-electron chi connectivity index (χ0n) is 9.86. The monoisotopic (exact) mass is 302 g/mol. The molecule has 0 bridgehead atoms. The molecule has 0 amide bonds. The average molecular weight is 301 g/mol. The Morgan fingerprint density at radius 2 is 1.50 bits per heavy atom. The minimum atomic E-state index is -0.587. The van der Waals surface area contributed by atoms with Crippen LogP contribution in [0.2, 0.25) is 4.82 Å². The molecule has 0 aliphatic carbocycles. The Bertz CT molecular complexity index is 516. The number of hydrogen-bond donors (Lipinski definition) is 1. The van der Waals surface area contributed by atoms with E-state index >= 15 is 0 Å². The van der Waals surface area contributed by atoms with Gasteiger partial charge in [-0.25, -0.2) is 0 Å². The zero-order chi connectivity index (χ0) is 12.8. The number of rotatable bonds is 4. The third-order valence-electron chi connectivity index (χ3n) is 2.60. The normalized spacial score (nSPS) is 13.6. The van der Waals surface area contributed by atoms with Crippen LogP contribution in [0.3, 0.4) is 0 Å². The molecule has 18 heavy (non-hydrogen) atoms. The summed E-state index contributed by atoms with van der Waals surface area (Å²) in [4.78, 5) is -0.137. The van der Waals surface area contributed by atoms with Crippen LogP contribution >= 0.6 is 0 Å². The van der Waals surface area contributed by atoms with Crippen molar-refractivity contribution >= 4 is 19.4 Å². The molecule has 0 aliphatic heterocycles. The number of aliphatic hydroxyl groups excluding tert-OH is 1. The van der Waals surface area contributed by atoms with Crippen molar-refractivity contribution < 1.29 is 5.11 Å². The summed E-state index contributed by atoms with van der Waals surface area (Å²) in [6.45, 7) is 0. The molecule has 2 rings (SSSR count). The number of terminal acetylenes is 1. The summed E-state index contributed by atoms with van der Waals surface area (Å²) >= 11 is 0.0747. The average Bonchev–Trinajstić information content (AvgIpc) is 2.46. The molecule has 0 saturated carbocycles. The molecule has 0 heterocycles. The molecule has 1 N–H and O–H groups in total. The van der Waals surface area contributed by atoms with Crippen molar-refractivity contribution in [1.29, 1.82) is 0 Å². The summed E-state index contributed by atoms with van der Waals surface area (Å²) in [5.74, 6) is 2.73. The van der Waals surface area contributed by atoms with Crippen LogP contribution in [0.5, 0.6) is 0 Å². The Balaban J connectivity index is 2.13. The van der Waals surface area contributed by atoms with Gasteiger partial charge in [-0.1, -0.05) is 0 Å². The van der Waals surface area contributed by atoms with Gasteiger partial charge in [-0.3, -0.25) is 0 Å². The Kier molecular flexibility index (Phi) is 4.61. The van der Waals surface area contributed by atoms with Gasteiger partial charge in [-0.05, 0) is 0 Å². The maximum atomic E-state index is 10.3. The third-order valence-corrected chi connectivity index (χ3v) is 5.10. The topological polar surface area (TPSA) is 20.2 Å². The molecule has 1 nitrogen and oxygen atoms in total. The van der Waals surface area contributed by atoms with Crippen molar-refractivity contribution in [1.82, 2.24) is 0 Å². The Hall–Kier alpha value is -1.52. The number of hydrogen-bond acceptors (Lipinski definition) is 1. The number of benzene rings is 2. The SMILES string of the molecule is C#CC([Se]c1ccccc1)C(O)c1ccccc1. The molecular weight excluding hydrogens is 287 g/mol. The van der Waals surface area contributed by atoms with Gasteiger partial charge >= 0.3 is 114 Å². The summed E-state index contributed by atoms with van der Waals surface area (Å²) < 4.78 is 1.21. The van der Waals surface area contributed by atoms with Crippen LogP contribution in [0, 0.1) is 12.3 Å². The second-order valence-electron chi connectivity index (χ2n) is 3.87. The predicted molar refractivity (Wildman–Crippen MR) is 75.8 cm³/mol. The van der Waals surface area contributed by atoms with E-state index in [9.17, 15) is 5.11 Å². The van der Waals surface area contributed by atoms with E-state index in [0.717, 1.165) is 5.56 Å². The van der Waals surface area contributed by atoms with E-state index in [-0.39, 0.29) is 19.8 Å². The fourth-order valence-electron chi connectivity index (χ4n) is 1.66. The van der Waals surface area contributed by atoms with E-state index in [1.807, 2.05) is 48.5 Å². The molecule has 2 aromatic rings. The number of aliphatic hydroxyl groups is 1. The van der Waals surface area contributed by atoms with Crippen LogP contribution in [0.25, 0.3) is 0 Å². The van der Waals surface area contributed by atoms with Crippen molar-refractivity contribution in [2.75, 3.05) is 0 Å². The molecule has 0 fully saturated rings. The van der Waals surface area contributed by atoms with Crippen LogP contribution < -0.4 is 4.46 Å². The Morgan fingerprint density at radius 3 is 2.06 bits per heavy atom. The first-order valence-electron chi connectivity index (χ1n) is 5.72. The zero-order valence-corrected chi connectivity index (χ0v) is 11.6. The summed E-state index contributed by atoms with van der Waals surface area (Å²) in [5.41, 5.74) is 0.887. The summed E-state index contributed by atoms with van der Waals surface area (Å²) in [6.07, 6.45) is 4.98. The van der Waals surface area contributed by atoms with Gasteiger partial charge in [0.1, 0.15) is 0 Å². The van der Waals surface area contributed by atoms with Crippen LogP contribution in [0.1, 0.15) is 11.7 Å². The molecule has 2 atom stereocenters. The van der Waals surface area contributed by atoms with Crippen molar-refractivity contribution in [2.45, 2.75) is 10.9 Å². The standard InChI is InChI=1S/C16H14OSe/c1-2-15(18-14-11-7-4-8-12-14)16(17)13-9-5-3-6-10-13/h1,3-12,15-17H. The molecule has 0 aromatic heterocycles. The summed E-state index contributed by atoms with van der Waals surface area (Å²) in [6, 6.07) is 19.7. The van der Waals surface area contributed by atoms with Gasteiger partial charge in [-0.2, -0.15) is 0 Å². The van der Waals surface area contributed by atoms with Gasteiger partial charge in [0.15, 0.2) is 0 Å². The quantitative estimate of drug-likeness (QED) is 0.678. The second-order valence-corrected chi connectivity index (χ2v) is 6.42. The van der Waals surface area contributed by atoms with Crippen LogP contribution in [0.15, 0.2) is 60.7 Å². The van der Waals surface area contributed by atoms with E-state index in [4.69, 9.17) is 6.42 Å². The van der Waals surface area contributed by atoms with Gasteiger partial charge < -0.3 is 0 Å². The predicted octanol–water partition coefficient (Wildman–Crippen LogP) is 2.17. The second kappa shape index (κ2) is 6.42. The fraction of sp³-hybridized carbons (Fsp3) is 0.125. The van der Waals surface area contributed by atoms with Gasteiger partial charge in [0.25, 0.3) is 0 Å². The molecule has 0 aliphatic rings. The Morgan fingerprint density at radius 1 is 0.944 bits per heavy atom. The molecule has 2 aromatic carbocycles. The van der Waals surface area contributed by atoms with Crippen molar-refractivity contribution in [3.8, 4) is 12.3 Å². The summed E-state index contributed by atoms with van der Waals surface area (Å²) in [5, 5.41) is 10.3. The first kappa shape index (κ1) is 12.9. The van der Waals surface area contributed by atoms with Crippen molar-refractivity contribution in [3.05, 3.63) is 66.2 Å². The van der Waals surface area contributed by atoms with Crippen molar-refractivity contribution in [2.24, 2.45) is 0 Å². The fourth-order valence-corrected chi connectivity index (χ4v) is 3.68. The molecule has 0 radical (unpaired) electrons. The van der Waals surface area contributed by atoms with Crippen LogP contribution in [-0.4, -0.2) is 20.1 Å². The maximum absolute atomic E-state index is 10.3. The first-order valence-corrected chi connectivity index (χ1v) is 7.56. The molecule has 0 saturated heterocycles. The minimum absolute atomic E-state index is 0.0747. The van der Waals surface area contributed by atoms with Gasteiger partial charge in [0.2, 0.25) is 0 Å². The molecular formula is C16H14OSe. The van der Waals surface area contributed by atoms with E-state index in [0.29, 0.717) is 0 Å². The van der Waals surface area contributed by atoms with Crippen LogP contribution in [0.4, 0.5) is 0 Å². The first-order chi connectivity index (χ1) is 8.81. The third kappa shape index (κ3) is 3.24. The summed E-state index contributed by atoms with van der Waals surface area (Å²) in [7, 11) is 0. The molecule has 90 valence electrons. The van der Waals surface area contributed by atoms with Gasteiger partial charge in [-0.15, -0.1) is 0 Å². The Labute approximate surface area is 114 Å². The van der Waals surface area contributed by atoms with Gasteiger partial charge in [0, 0.05) is 0 Å². The van der Waals surface area contributed by atoms with E-state index in [2.05, 4.69) is 18.1 Å². The molecule has 2 unspecified atom stereocenters. The van der Waals surface area contributed by atoms with Gasteiger partial charge in [0.05, 0.1) is 0 Å². The molecule has 2 heteroatoms. The van der Waals surface area contributed by atoms with E-state index in [1.54, 1.807) is 0 Å². The van der Waals surface area contributed by atoms with Crippen molar-refractivity contribution in [3.63, 3.8) is 0 Å². The van der Waals surface area contributed by atoms with E-state index < -0.39 is 6.10 Å². The molecule has 0 spiro atoms. The van der Waals surface area contributed by atoms with Crippen LogP contribution in [-0.2, 0) is 0 Å².